The fraction of sp³-hybridized carbons (Fsp3) is 0.650. The van der Waals surface area contributed by atoms with Crippen molar-refractivity contribution in [2.24, 2.45) is 33.8 Å². The molecule has 0 aromatic carbocycles. The van der Waals surface area contributed by atoms with Gasteiger partial charge in [0.1, 0.15) is 18.1 Å². The molecular formula is C20H36N8O8. The zero-order valence-electron chi connectivity index (χ0n) is 20.2. The minimum absolute atomic E-state index is 0.00548. The van der Waals surface area contributed by atoms with E-state index in [1.165, 1.54) is 0 Å². The molecule has 5 atom stereocenters. The summed E-state index contributed by atoms with van der Waals surface area (Å²) in [5, 5.41) is 25.4. The summed E-state index contributed by atoms with van der Waals surface area (Å²) in [4.78, 5) is 75.5. The molecule has 16 nitrogen and oxygen atoms in total. The largest absolute Gasteiger partial charge is 0.481 e. The van der Waals surface area contributed by atoms with Crippen molar-refractivity contribution < 1.29 is 39.0 Å². The van der Waals surface area contributed by atoms with Crippen LogP contribution in [-0.2, 0) is 28.8 Å². The van der Waals surface area contributed by atoms with E-state index in [1.54, 1.807) is 13.8 Å². The monoisotopic (exact) mass is 516 g/mol. The predicted octanol–water partition coefficient (Wildman–Crippen LogP) is -3.70. The van der Waals surface area contributed by atoms with Crippen LogP contribution in [0, 0.1) is 5.92 Å². The number of nitrogens with one attached hydrogen (secondary N) is 3. The number of amides is 4. The van der Waals surface area contributed by atoms with E-state index in [0.29, 0.717) is 6.42 Å². The van der Waals surface area contributed by atoms with Crippen LogP contribution >= 0.6 is 0 Å². The molecule has 0 spiro atoms. The van der Waals surface area contributed by atoms with Crippen molar-refractivity contribution in [3.8, 4) is 0 Å². The molecule has 5 unspecified atom stereocenters. The number of aliphatic imine (C=N–C) groups is 1. The maximum Gasteiger partial charge on any atom is 0.326 e. The minimum atomic E-state index is -1.64. The molecular weight excluding hydrogens is 480 g/mol. The molecule has 16 heteroatoms. The Balaban J connectivity index is 5.54. The number of rotatable bonds is 17. The summed E-state index contributed by atoms with van der Waals surface area (Å²) in [6.45, 7) is 3.48. The summed E-state index contributed by atoms with van der Waals surface area (Å²) < 4.78 is 0. The number of hydrogen-bond donors (Lipinski definition) is 9. The van der Waals surface area contributed by atoms with Crippen LogP contribution in [0.2, 0.25) is 0 Å². The third kappa shape index (κ3) is 12.5. The Kier molecular flexibility index (Phi) is 14.1. The molecule has 0 aromatic rings. The van der Waals surface area contributed by atoms with E-state index in [4.69, 9.17) is 28.0 Å². The van der Waals surface area contributed by atoms with Gasteiger partial charge in [-0.05, 0) is 18.8 Å². The molecule has 0 rings (SSSR count). The number of carboxylic acids is 2. The van der Waals surface area contributed by atoms with Gasteiger partial charge >= 0.3 is 11.9 Å². The number of carbonyl (C=O) groups is 6. The minimum Gasteiger partial charge on any atom is -0.481 e. The van der Waals surface area contributed by atoms with Gasteiger partial charge in [0.05, 0.1) is 18.9 Å². The molecule has 4 amide bonds. The molecule has 0 aliphatic heterocycles. The lowest BCUT2D eigenvalue weighted by molar-refractivity contribution is -0.143. The average Bonchev–Trinajstić information content (AvgIpc) is 2.76. The van der Waals surface area contributed by atoms with Gasteiger partial charge in [-0.25, -0.2) is 4.79 Å². The highest BCUT2D eigenvalue weighted by atomic mass is 16.4. The van der Waals surface area contributed by atoms with Crippen LogP contribution in [0.3, 0.4) is 0 Å². The lowest BCUT2D eigenvalue weighted by atomic mass is 9.97. The second-order valence-electron chi connectivity index (χ2n) is 8.16. The molecule has 0 aromatic heterocycles. The highest BCUT2D eigenvalue weighted by molar-refractivity contribution is 5.96. The number of guanidine groups is 1. The van der Waals surface area contributed by atoms with Gasteiger partial charge in [-0.2, -0.15) is 0 Å². The molecule has 0 aliphatic carbocycles. The van der Waals surface area contributed by atoms with Crippen LogP contribution in [0.15, 0.2) is 4.99 Å². The SMILES string of the molecule is CCC(C)C(NC(=O)C(CC(=O)O)NC(=O)C(N)CC(N)=O)C(=O)NC(CCCN=C(N)N)C(=O)O. The van der Waals surface area contributed by atoms with Gasteiger partial charge in [-0.1, -0.05) is 20.3 Å². The van der Waals surface area contributed by atoms with E-state index in [0.717, 1.165) is 0 Å². The number of carboxylic acid groups (broad SMARTS) is 2. The lowest BCUT2D eigenvalue weighted by Crippen LogP contribution is -2.59. The molecule has 36 heavy (non-hydrogen) atoms. The van der Waals surface area contributed by atoms with Crippen molar-refractivity contribution in [1.29, 1.82) is 0 Å². The predicted molar refractivity (Wildman–Crippen MR) is 127 cm³/mol. The van der Waals surface area contributed by atoms with Gasteiger partial charge in [0, 0.05) is 6.54 Å². The molecule has 0 saturated heterocycles. The van der Waals surface area contributed by atoms with Crippen LogP contribution in [0.1, 0.15) is 46.0 Å². The molecule has 13 N–H and O–H groups in total. The van der Waals surface area contributed by atoms with E-state index >= 15 is 0 Å². The Labute approximate surface area is 207 Å². The highest BCUT2D eigenvalue weighted by Gasteiger charge is 2.33. The molecule has 0 bridgehead atoms. The molecule has 0 fully saturated rings. The molecule has 204 valence electrons. The highest BCUT2D eigenvalue weighted by Crippen LogP contribution is 2.10. The van der Waals surface area contributed by atoms with Gasteiger partial charge in [-0.15, -0.1) is 0 Å². The smallest absolute Gasteiger partial charge is 0.326 e. The number of hydrogen-bond acceptors (Lipinski definition) is 8. The van der Waals surface area contributed by atoms with E-state index < -0.39 is 78.5 Å². The summed E-state index contributed by atoms with van der Waals surface area (Å²) in [5.74, 6) is -7.12. The zero-order valence-corrected chi connectivity index (χ0v) is 20.2. The number of nitrogens with zero attached hydrogens (tertiary/aromatic N) is 1. The van der Waals surface area contributed by atoms with Crippen LogP contribution in [0.5, 0.6) is 0 Å². The van der Waals surface area contributed by atoms with Gasteiger partial charge in [0.15, 0.2) is 5.96 Å². The lowest BCUT2D eigenvalue weighted by Gasteiger charge is -2.27. The second-order valence-corrected chi connectivity index (χ2v) is 8.16. The van der Waals surface area contributed by atoms with E-state index in [9.17, 15) is 33.9 Å². The van der Waals surface area contributed by atoms with Gasteiger partial charge < -0.3 is 49.1 Å². The van der Waals surface area contributed by atoms with Gasteiger partial charge in [0.25, 0.3) is 0 Å². The number of primary amides is 1. The molecule has 0 aliphatic rings. The summed E-state index contributed by atoms with van der Waals surface area (Å²) in [6, 6.07) is -5.62. The number of nitrogens with two attached hydrogens (primary N) is 4. The summed E-state index contributed by atoms with van der Waals surface area (Å²) in [6.07, 6.45) is -0.758. The van der Waals surface area contributed by atoms with Crippen molar-refractivity contribution in [2.75, 3.05) is 6.54 Å². The van der Waals surface area contributed by atoms with Gasteiger partial charge in [0.2, 0.25) is 23.6 Å². The maximum atomic E-state index is 12.9. The van der Waals surface area contributed by atoms with Crippen LogP contribution in [0.25, 0.3) is 0 Å². The Morgan fingerprint density at radius 1 is 0.861 bits per heavy atom. The summed E-state index contributed by atoms with van der Waals surface area (Å²) >= 11 is 0. The first-order chi connectivity index (χ1) is 16.7. The van der Waals surface area contributed by atoms with Crippen molar-refractivity contribution in [2.45, 2.75) is 70.1 Å². The van der Waals surface area contributed by atoms with Crippen molar-refractivity contribution >= 4 is 41.5 Å². The Morgan fingerprint density at radius 2 is 1.44 bits per heavy atom. The average molecular weight is 517 g/mol. The molecule has 0 radical (unpaired) electrons. The van der Waals surface area contributed by atoms with E-state index in [1.807, 2.05) is 0 Å². The summed E-state index contributed by atoms with van der Waals surface area (Å²) in [7, 11) is 0. The normalized spacial score (nSPS) is 14.8. The Morgan fingerprint density at radius 3 is 1.92 bits per heavy atom. The fourth-order valence-electron chi connectivity index (χ4n) is 2.95. The second kappa shape index (κ2) is 15.9. The molecule has 0 heterocycles. The zero-order chi connectivity index (χ0) is 28.0. The van der Waals surface area contributed by atoms with E-state index in [-0.39, 0.29) is 25.3 Å². The number of carbonyl (C=O) groups excluding carboxylic acids is 4. The Hall–Kier alpha value is -3.95. The fourth-order valence-corrected chi connectivity index (χ4v) is 2.95. The summed E-state index contributed by atoms with van der Waals surface area (Å²) in [5.41, 5.74) is 21.0. The third-order valence-electron chi connectivity index (χ3n) is 5.12. The first kappa shape index (κ1) is 32.0. The maximum absolute atomic E-state index is 12.9. The van der Waals surface area contributed by atoms with Crippen LogP contribution in [-0.4, -0.2) is 82.5 Å². The van der Waals surface area contributed by atoms with Crippen LogP contribution < -0.4 is 38.9 Å². The topological polar surface area (TPSA) is 295 Å². The van der Waals surface area contributed by atoms with Crippen molar-refractivity contribution in [3.63, 3.8) is 0 Å². The van der Waals surface area contributed by atoms with Crippen LogP contribution in [0.4, 0.5) is 0 Å². The number of aliphatic carboxylic acids is 2. The first-order valence-corrected chi connectivity index (χ1v) is 11.1. The van der Waals surface area contributed by atoms with E-state index in [2.05, 4.69) is 20.9 Å². The Bertz CT molecular complexity index is 846. The standard InChI is InChI=1S/C20H36N8O8/c1-3-9(2)15(18(34)26-11(19(35)36)5-4-6-25-20(23)24)28-17(33)12(8-14(30)31)27-16(32)10(21)7-13(22)29/h9-12,15H,3-8,21H2,1-2H3,(H2,22,29)(H,26,34)(H,27,32)(H,28,33)(H,30,31)(H,35,36)(H4,23,24,25). The van der Waals surface area contributed by atoms with Crippen molar-refractivity contribution in [1.82, 2.24) is 16.0 Å². The molecule has 0 saturated carbocycles. The first-order valence-electron chi connectivity index (χ1n) is 11.1. The van der Waals surface area contributed by atoms with Gasteiger partial charge in [-0.3, -0.25) is 29.0 Å². The third-order valence-corrected chi connectivity index (χ3v) is 5.12. The van der Waals surface area contributed by atoms with Crippen molar-refractivity contribution in [3.05, 3.63) is 0 Å². The quantitative estimate of drug-likeness (QED) is 0.0514.